The van der Waals surface area contributed by atoms with Crippen LogP contribution in [0.4, 0.5) is 0 Å². The van der Waals surface area contributed by atoms with Crippen LogP contribution in [0.3, 0.4) is 0 Å². The summed E-state index contributed by atoms with van der Waals surface area (Å²) in [4.78, 5) is 13.0. The summed E-state index contributed by atoms with van der Waals surface area (Å²) in [5.74, 6) is 0.457. The Labute approximate surface area is 182 Å². The number of methoxy groups -OCH3 is 1. The van der Waals surface area contributed by atoms with Crippen LogP contribution in [0, 0.1) is 0 Å². The monoisotopic (exact) mass is 415 g/mol. The van der Waals surface area contributed by atoms with Gasteiger partial charge in [-0.3, -0.25) is 4.90 Å². The van der Waals surface area contributed by atoms with E-state index in [0.717, 1.165) is 42.6 Å². The summed E-state index contributed by atoms with van der Waals surface area (Å²) in [5, 5.41) is 8.71. The molecule has 3 aromatic carbocycles. The van der Waals surface area contributed by atoms with E-state index < -0.39 is 5.97 Å². The number of fused-ring (bicyclic) bond motifs is 1. The molecule has 0 bridgehead atoms. The third-order valence-corrected chi connectivity index (χ3v) is 5.33. The average molecular weight is 415 g/mol. The molecule has 3 aromatic rings. The van der Waals surface area contributed by atoms with Gasteiger partial charge in [-0.25, -0.2) is 4.79 Å². The summed E-state index contributed by atoms with van der Waals surface area (Å²) < 4.78 is 11.5. The third-order valence-electron chi connectivity index (χ3n) is 5.33. The van der Waals surface area contributed by atoms with Crippen LogP contribution >= 0.6 is 0 Å². The predicted octanol–water partition coefficient (Wildman–Crippen LogP) is 4.89. The lowest BCUT2D eigenvalue weighted by molar-refractivity contribution is -0.131. The van der Waals surface area contributed by atoms with Gasteiger partial charge in [0.2, 0.25) is 0 Å². The summed E-state index contributed by atoms with van der Waals surface area (Å²) in [5.41, 5.74) is 5.81. The van der Waals surface area contributed by atoms with E-state index >= 15 is 0 Å². The van der Waals surface area contributed by atoms with Crippen LogP contribution < -0.4 is 9.47 Å². The Morgan fingerprint density at radius 1 is 0.968 bits per heavy atom. The van der Waals surface area contributed by atoms with Crippen molar-refractivity contribution in [2.24, 2.45) is 0 Å². The molecule has 1 aliphatic rings. The Kier molecular flexibility index (Phi) is 6.34. The minimum absolute atomic E-state index is 0.403. The number of carbonyl (C=O) groups is 1. The molecule has 5 heteroatoms. The van der Waals surface area contributed by atoms with Crippen LogP contribution in [0.25, 0.3) is 6.08 Å². The second-order valence-electron chi connectivity index (χ2n) is 7.60. The number of aliphatic carboxylic acids is 1. The van der Waals surface area contributed by atoms with Crippen molar-refractivity contribution in [3.63, 3.8) is 0 Å². The van der Waals surface area contributed by atoms with Crippen molar-refractivity contribution in [3.8, 4) is 11.5 Å². The molecule has 158 valence electrons. The molecule has 0 spiro atoms. The normalized spacial score (nSPS) is 13.3. The van der Waals surface area contributed by atoms with Crippen LogP contribution in [-0.2, 0) is 31.0 Å². The van der Waals surface area contributed by atoms with E-state index in [-0.39, 0.29) is 0 Å². The lowest BCUT2D eigenvalue weighted by Crippen LogP contribution is -2.15. The number of hydrogen-bond donors (Lipinski definition) is 1. The second kappa shape index (κ2) is 9.49. The standard InChI is InChI=1S/C26H25NO4/c1-30-25-14-21(15-27-16-22-4-2-3-5-23(22)17-27)10-12-24(25)31-18-20-8-6-19(7-9-20)11-13-26(28)29/h2-14H,15-18H2,1H3,(H,28,29)/b13-11+. The Balaban J connectivity index is 1.37. The highest BCUT2D eigenvalue weighted by molar-refractivity contribution is 5.85. The van der Waals surface area contributed by atoms with E-state index in [1.165, 1.54) is 16.7 Å². The zero-order chi connectivity index (χ0) is 21.6. The smallest absolute Gasteiger partial charge is 0.328 e. The molecule has 4 rings (SSSR count). The fourth-order valence-electron chi connectivity index (χ4n) is 3.76. The van der Waals surface area contributed by atoms with Gasteiger partial charge in [0.15, 0.2) is 11.5 Å². The lowest BCUT2D eigenvalue weighted by Gasteiger charge is -2.17. The van der Waals surface area contributed by atoms with Gasteiger partial charge in [0.05, 0.1) is 7.11 Å². The number of benzene rings is 3. The van der Waals surface area contributed by atoms with Crippen molar-refractivity contribution in [2.45, 2.75) is 26.2 Å². The zero-order valence-electron chi connectivity index (χ0n) is 17.5. The minimum atomic E-state index is -0.961. The molecule has 0 saturated heterocycles. The first-order valence-corrected chi connectivity index (χ1v) is 10.2. The van der Waals surface area contributed by atoms with E-state index in [4.69, 9.17) is 14.6 Å². The molecule has 0 fully saturated rings. The molecule has 0 aromatic heterocycles. The molecule has 0 radical (unpaired) electrons. The number of ether oxygens (including phenoxy) is 2. The number of hydrogen-bond acceptors (Lipinski definition) is 4. The topological polar surface area (TPSA) is 59.0 Å². The molecule has 0 atom stereocenters. The molecular formula is C26H25NO4. The van der Waals surface area contributed by atoms with E-state index in [1.54, 1.807) is 13.2 Å². The van der Waals surface area contributed by atoms with Crippen molar-refractivity contribution in [2.75, 3.05) is 7.11 Å². The quantitative estimate of drug-likeness (QED) is 0.531. The van der Waals surface area contributed by atoms with E-state index in [2.05, 4.69) is 35.2 Å². The SMILES string of the molecule is COc1cc(CN2Cc3ccccc3C2)ccc1OCc1ccc(/C=C/C(=O)O)cc1. The van der Waals surface area contributed by atoms with Crippen molar-refractivity contribution >= 4 is 12.0 Å². The van der Waals surface area contributed by atoms with Crippen molar-refractivity contribution in [1.29, 1.82) is 0 Å². The van der Waals surface area contributed by atoms with Crippen molar-refractivity contribution < 1.29 is 19.4 Å². The van der Waals surface area contributed by atoms with Gasteiger partial charge in [0.1, 0.15) is 6.61 Å². The Morgan fingerprint density at radius 2 is 1.65 bits per heavy atom. The Morgan fingerprint density at radius 3 is 2.29 bits per heavy atom. The predicted molar refractivity (Wildman–Crippen MR) is 120 cm³/mol. The molecule has 31 heavy (non-hydrogen) atoms. The molecule has 0 amide bonds. The molecule has 0 unspecified atom stereocenters. The molecule has 0 saturated carbocycles. The maximum Gasteiger partial charge on any atom is 0.328 e. The Hall–Kier alpha value is -3.57. The highest BCUT2D eigenvalue weighted by Gasteiger charge is 2.18. The number of nitrogens with zero attached hydrogens (tertiary/aromatic N) is 1. The summed E-state index contributed by atoms with van der Waals surface area (Å²) in [6.45, 7) is 3.19. The molecule has 0 aliphatic carbocycles. The van der Waals surface area contributed by atoms with Gasteiger partial charge in [-0.05, 0) is 46.0 Å². The Bertz CT molecular complexity index is 1060. The number of carboxylic acids is 1. The van der Waals surface area contributed by atoms with Crippen LogP contribution in [0.5, 0.6) is 11.5 Å². The molecule has 1 aliphatic heterocycles. The van der Waals surface area contributed by atoms with Gasteiger partial charge >= 0.3 is 5.97 Å². The maximum atomic E-state index is 10.6. The first-order valence-electron chi connectivity index (χ1n) is 10.2. The van der Waals surface area contributed by atoms with E-state index in [9.17, 15) is 4.79 Å². The highest BCUT2D eigenvalue weighted by Crippen LogP contribution is 2.31. The van der Waals surface area contributed by atoms with Crippen LogP contribution in [-0.4, -0.2) is 23.1 Å². The van der Waals surface area contributed by atoms with E-state index in [1.807, 2.05) is 36.4 Å². The zero-order valence-corrected chi connectivity index (χ0v) is 17.5. The number of rotatable bonds is 8. The lowest BCUT2D eigenvalue weighted by atomic mass is 10.1. The first kappa shape index (κ1) is 20.7. The maximum absolute atomic E-state index is 10.6. The molecular weight excluding hydrogens is 390 g/mol. The highest BCUT2D eigenvalue weighted by atomic mass is 16.5. The summed E-state index contributed by atoms with van der Waals surface area (Å²) >= 11 is 0. The van der Waals surface area contributed by atoms with Gasteiger partial charge in [-0.1, -0.05) is 54.6 Å². The second-order valence-corrected chi connectivity index (χ2v) is 7.60. The minimum Gasteiger partial charge on any atom is -0.493 e. The molecule has 5 nitrogen and oxygen atoms in total. The fourth-order valence-corrected chi connectivity index (χ4v) is 3.76. The average Bonchev–Trinajstić information content (AvgIpc) is 3.19. The fraction of sp³-hybridized carbons (Fsp3) is 0.192. The molecule has 1 heterocycles. The molecule has 1 N–H and O–H groups in total. The van der Waals surface area contributed by atoms with Crippen LogP contribution in [0.2, 0.25) is 0 Å². The van der Waals surface area contributed by atoms with Crippen LogP contribution in [0.15, 0.2) is 72.8 Å². The largest absolute Gasteiger partial charge is 0.493 e. The van der Waals surface area contributed by atoms with Gasteiger partial charge in [-0.2, -0.15) is 0 Å². The van der Waals surface area contributed by atoms with E-state index in [0.29, 0.717) is 12.4 Å². The first-order chi connectivity index (χ1) is 15.1. The van der Waals surface area contributed by atoms with Gasteiger partial charge in [0, 0.05) is 25.7 Å². The summed E-state index contributed by atoms with van der Waals surface area (Å²) in [6.07, 6.45) is 2.69. The number of carboxylic acid groups (broad SMARTS) is 1. The van der Waals surface area contributed by atoms with Gasteiger partial charge in [0.25, 0.3) is 0 Å². The van der Waals surface area contributed by atoms with Gasteiger partial charge in [-0.15, -0.1) is 0 Å². The summed E-state index contributed by atoms with van der Waals surface area (Å²) in [7, 11) is 1.65. The third kappa shape index (κ3) is 5.32. The summed E-state index contributed by atoms with van der Waals surface area (Å²) in [6, 6.07) is 22.2. The van der Waals surface area contributed by atoms with Crippen LogP contribution in [0.1, 0.15) is 27.8 Å². The van der Waals surface area contributed by atoms with Gasteiger partial charge < -0.3 is 14.6 Å². The van der Waals surface area contributed by atoms with Crippen molar-refractivity contribution in [3.05, 3.63) is 101 Å². The van der Waals surface area contributed by atoms with Crippen molar-refractivity contribution in [1.82, 2.24) is 4.90 Å².